The number of likely N-dealkylation sites (N-methyl/N-ethyl adjacent to an activating group) is 1. The molecule has 0 radical (unpaired) electrons. The Labute approximate surface area is 140 Å². The maximum atomic E-state index is 13.3. The van der Waals surface area contributed by atoms with Gasteiger partial charge in [-0.25, -0.2) is 13.8 Å². The lowest BCUT2D eigenvalue weighted by Gasteiger charge is -2.34. The van der Waals surface area contributed by atoms with Crippen LogP contribution in [0.15, 0.2) is 24.3 Å². The molecule has 1 aromatic heterocycles. The smallest absolute Gasteiger partial charge is 0.229 e. The molecule has 1 aliphatic rings. The number of aromatic nitrogens is 2. The zero-order valence-corrected chi connectivity index (χ0v) is 13.9. The molecule has 1 N–H and O–H groups in total. The Morgan fingerprint density at radius 3 is 2.46 bits per heavy atom. The minimum absolute atomic E-state index is 0.383. The number of hydrogen-bond donors (Lipinski definition) is 1. The highest BCUT2D eigenvalue weighted by Crippen LogP contribution is 2.20. The fourth-order valence-electron chi connectivity index (χ4n) is 2.77. The topological polar surface area (TPSA) is 44.3 Å². The van der Waals surface area contributed by atoms with E-state index < -0.39 is 11.6 Å². The van der Waals surface area contributed by atoms with E-state index in [1.807, 2.05) is 13.0 Å². The van der Waals surface area contributed by atoms with Gasteiger partial charge >= 0.3 is 0 Å². The van der Waals surface area contributed by atoms with Gasteiger partial charge in [-0.2, -0.15) is 4.98 Å². The van der Waals surface area contributed by atoms with Gasteiger partial charge in [0, 0.05) is 49.7 Å². The van der Waals surface area contributed by atoms with Crippen molar-refractivity contribution in [1.29, 1.82) is 0 Å². The highest BCUT2D eigenvalue weighted by molar-refractivity contribution is 5.55. The first kappa shape index (κ1) is 16.6. The second-order valence-electron chi connectivity index (χ2n) is 5.87. The van der Waals surface area contributed by atoms with Crippen LogP contribution in [0.5, 0.6) is 0 Å². The molecule has 1 aliphatic heterocycles. The third-order valence-corrected chi connectivity index (χ3v) is 4.16. The lowest BCUT2D eigenvalue weighted by molar-refractivity contribution is 0.270. The third-order valence-electron chi connectivity index (χ3n) is 4.16. The van der Waals surface area contributed by atoms with E-state index in [4.69, 9.17) is 0 Å². The molecular formula is C17H21F2N5. The predicted molar refractivity (Wildman–Crippen MR) is 90.7 cm³/mol. The van der Waals surface area contributed by atoms with Gasteiger partial charge in [-0.1, -0.05) is 6.92 Å². The number of aryl methyl sites for hydroxylation is 1. The molecule has 0 saturated carbocycles. The zero-order valence-electron chi connectivity index (χ0n) is 13.9. The Balaban J connectivity index is 1.77. The average Bonchev–Trinajstić information content (AvgIpc) is 2.58. The van der Waals surface area contributed by atoms with Crippen LogP contribution >= 0.6 is 0 Å². The molecule has 0 spiro atoms. The molecule has 0 amide bonds. The van der Waals surface area contributed by atoms with Gasteiger partial charge in [0.1, 0.15) is 5.82 Å². The van der Waals surface area contributed by atoms with Crippen molar-refractivity contribution in [3.63, 3.8) is 0 Å². The molecule has 1 fully saturated rings. The molecular weight excluding hydrogens is 312 g/mol. The van der Waals surface area contributed by atoms with Crippen LogP contribution in [0.4, 0.5) is 26.2 Å². The average molecular weight is 333 g/mol. The molecule has 3 rings (SSSR count). The van der Waals surface area contributed by atoms with Crippen molar-refractivity contribution < 1.29 is 8.78 Å². The molecule has 0 atom stereocenters. The van der Waals surface area contributed by atoms with Crippen LogP contribution in [0, 0.1) is 18.6 Å². The van der Waals surface area contributed by atoms with Crippen LogP contribution in [-0.4, -0.2) is 47.6 Å². The van der Waals surface area contributed by atoms with Crippen molar-refractivity contribution in [2.24, 2.45) is 0 Å². The van der Waals surface area contributed by atoms with Crippen LogP contribution in [-0.2, 0) is 0 Å². The second-order valence-corrected chi connectivity index (χ2v) is 5.87. The Bertz CT molecular complexity index is 714. The number of nitrogens with zero attached hydrogens (tertiary/aromatic N) is 4. The maximum absolute atomic E-state index is 13.3. The molecule has 24 heavy (non-hydrogen) atoms. The minimum Gasteiger partial charge on any atom is -0.354 e. The fourth-order valence-corrected chi connectivity index (χ4v) is 2.77. The van der Waals surface area contributed by atoms with E-state index in [9.17, 15) is 8.78 Å². The molecule has 2 aromatic rings. The Kier molecular flexibility index (Phi) is 4.89. The first-order valence-corrected chi connectivity index (χ1v) is 8.10. The van der Waals surface area contributed by atoms with Gasteiger partial charge in [0.05, 0.1) is 0 Å². The summed E-state index contributed by atoms with van der Waals surface area (Å²) in [4.78, 5) is 13.5. The lowest BCUT2D eigenvalue weighted by atomic mass is 10.3. The van der Waals surface area contributed by atoms with Gasteiger partial charge < -0.3 is 15.1 Å². The molecule has 128 valence electrons. The maximum Gasteiger partial charge on any atom is 0.229 e. The first-order valence-electron chi connectivity index (χ1n) is 8.10. The SMILES string of the molecule is CCN1CCN(c2cc(C)nc(Nc3ccc(F)c(F)c3)n2)CC1. The monoisotopic (exact) mass is 333 g/mol. The van der Waals surface area contributed by atoms with Crippen LogP contribution in [0.2, 0.25) is 0 Å². The Morgan fingerprint density at radius 2 is 1.79 bits per heavy atom. The molecule has 1 aromatic carbocycles. The Morgan fingerprint density at radius 1 is 1.04 bits per heavy atom. The summed E-state index contributed by atoms with van der Waals surface area (Å²) in [6.07, 6.45) is 0. The fraction of sp³-hybridized carbons (Fsp3) is 0.412. The van der Waals surface area contributed by atoms with Crippen LogP contribution < -0.4 is 10.2 Å². The number of anilines is 3. The van der Waals surface area contributed by atoms with Gasteiger partial charge in [0.15, 0.2) is 11.6 Å². The van der Waals surface area contributed by atoms with E-state index >= 15 is 0 Å². The second kappa shape index (κ2) is 7.09. The normalized spacial score (nSPS) is 15.6. The molecule has 5 nitrogen and oxygen atoms in total. The summed E-state index contributed by atoms with van der Waals surface area (Å²) in [5.41, 5.74) is 1.24. The molecule has 7 heteroatoms. The third kappa shape index (κ3) is 3.79. The Hall–Kier alpha value is -2.28. The van der Waals surface area contributed by atoms with Crippen LogP contribution in [0.25, 0.3) is 0 Å². The number of rotatable bonds is 4. The summed E-state index contributed by atoms with van der Waals surface area (Å²) in [5, 5.41) is 2.95. The largest absolute Gasteiger partial charge is 0.354 e. The van der Waals surface area contributed by atoms with E-state index in [0.29, 0.717) is 11.6 Å². The van der Waals surface area contributed by atoms with Crippen molar-refractivity contribution in [2.45, 2.75) is 13.8 Å². The highest BCUT2D eigenvalue weighted by atomic mass is 19.2. The summed E-state index contributed by atoms with van der Waals surface area (Å²) in [6.45, 7) is 8.94. The summed E-state index contributed by atoms with van der Waals surface area (Å²) in [6, 6.07) is 5.58. The van der Waals surface area contributed by atoms with Gasteiger partial charge in [-0.3, -0.25) is 0 Å². The summed E-state index contributed by atoms with van der Waals surface area (Å²) >= 11 is 0. The zero-order chi connectivity index (χ0) is 17.1. The van der Waals surface area contributed by atoms with Crippen molar-refractivity contribution in [1.82, 2.24) is 14.9 Å². The predicted octanol–water partition coefficient (Wildman–Crippen LogP) is 2.95. The molecule has 1 saturated heterocycles. The molecule has 0 unspecified atom stereocenters. The van der Waals surface area contributed by atoms with Crippen LogP contribution in [0.3, 0.4) is 0 Å². The number of hydrogen-bond acceptors (Lipinski definition) is 5. The van der Waals surface area contributed by atoms with Gasteiger partial charge in [-0.05, 0) is 25.6 Å². The van der Waals surface area contributed by atoms with Crippen molar-refractivity contribution in [3.8, 4) is 0 Å². The van der Waals surface area contributed by atoms with E-state index in [0.717, 1.165) is 56.4 Å². The van der Waals surface area contributed by atoms with Gasteiger partial charge in [-0.15, -0.1) is 0 Å². The van der Waals surface area contributed by atoms with Crippen molar-refractivity contribution >= 4 is 17.5 Å². The summed E-state index contributed by atoms with van der Waals surface area (Å²) in [7, 11) is 0. The molecule has 2 heterocycles. The number of benzene rings is 1. The number of piperazine rings is 1. The van der Waals surface area contributed by atoms with Gasteiger partial charge in [0.25, 0.3) is 0 Å². The summed E-state index contributed by atoms with van der Waals surface area (Å²) in [5.74, 6) is -0.541. The minimum atomic E-state index is -0.899. The van der Waals surface area contributed by atoms with E-state index in [1.165, 1.54) is 6.07 Å². The van der Waals surface area contributed by atoms with Crippen LogP contribution in [0.1, 0.15) is 12.6 Å². The van der Waals surface area contributed by atoms with E-state index in [1.54, 1.807) is 0 Å². The summed E-state index contributed by atoms with van der Waals surface area (Å²) < 4.78 is 26.4. The van der Waals surface area contributed by atoms with Gasteiger partial charge in [0.2, 0.25) is 5.95 Å². The molecule has 0 bridgehead atoms. The lowest BCUT2D eigenvalue weighted by Crippen LogP contribution is -2.46. The number of nitrogens with one attached hydrogen (secondary N) is 1. The first-order chi connectivity index (χ1) is 11.5. The van der Waals surface area contributed by atoms with Crippen molar-refractivity contribution in [3.05, 3.63) is 41.6 Å². The van der Waals surface area contributed by atoms with Crippen molar-refractivity contribution in [2.75, 3.05) is 42.9 Å². The number of halogens is 2. The standard InChI is InChI=1S/C17H21F2N5/c1-3-23-6-8-24(9-7-23)16-10-12(2)20-17(22-16)21-13-4-5-14(18)15(19)11-13/h4-5,10-11H,3,6-9H2,1-2H3,(H,20,21,22). The highest BCUT2D eigenvalue weighted by Gasteiger charge is 2.18. The van der Waals surface area contributed by atoms with E-state index in [-0.39, 0.29) is 0 Å². The van der Waals surface area contributed by atoms with E-state index in [2.05, 4.69) is 32.0 Å². The quantitative estimate of drug-likeness (QED) is 0.932. The molecule has 0 aliphatic carbocycles.